The Morgan fingerprint density at radius 1 is 1.08 bits per heavy atom. The van der Waals surface area contributed by atoms with Crippen molar-refractivity contribution in [2.24, 2.45) is 0 Å². The van der Waals surface area contributed by atoms with Crippen LogP contribution >= 0.6 is 11.6 Å². The Morgan fingerprint density at radius 3 is 2.58 bits per heavy atom. The van der Waals surface area contributed by atoms with Gasteiger partial charge in [0.15, 0.2) is 5.69 Å². The molecule has 1 amide bonds. The molecule has 0 aliphatic carbocycles. The van der Waals surface area contributed by atoms with Crippen molar-refractivity contribution in [3.05, 3.63) is 76.8 Å². The van der Waals surface area contributed by atoms with Gasteiger partial charge in [0, 0.05) is 55.7 Å². The minimum absolute atomic E-state index is 0.0997. The van der Waals surface area contributed by atoms with Crippen LogP contribution in [0.5, 0.6) is 5.88 Å². The highest BCUT2D eigenvalue weighted by molar-refractivity contribution is 6.33. The SMILES string of the molecule is COc1ccc(Cl)c(C(=O)N2CC3CCC2CN3Cc2c(-c3ccc(C(C)C)cc3)nc3ncccn23)n1. The molecule has 3 saturated heterocycles. The van der Waals surface area contributed by atoms with E-state index in [9.17, 15) is 4.79 Å². The number of ether oxygens (including phenoxy) is 1. The molecule has 3 fully saturated rings. The predicted octanol–water partition coefficient (Wildman–Crippen LogP) is 5.07. The van der Waals surface area contributed by atoms with E-state index < -0.39 is 0 Å². The minimum Gasteiger partial charge on any atom is -0.481 e. The number of piperidine rings is 2. The van der Waals surface area contributed by atoms with E-state index in [1.165, 1.54) is 12.7 Å². The number of methoxy groups -OCH3 is 1. The highest BCUT2D eigenvalue weighted by atomic mass is 35.5. The first-order valence-corrected chi connectivity index (χ1v) is 13.5. The summed E-state index contributed by atoms with van der Waals surface area (Å²) in [6.07, 6.45) is 5.82. The van der Waals surface area contributed by atoms with Crippen molar-refractivity contribution in [2.75, 3.05) is 20.2 Å². The number of benzene rings is 1. The molecule has 7 rings (SSSR count). The zero-order valence-electron chi connectivity index (χ0n) is 21.8. The highest BCUT2D eigenvalue weighted by Gasteiger charge is 2.42. The summed E-state index contributed by atoms with van der Waals surface area (Å²) in [4.78, 5) is 31.7. The van der Waals surface area contributed by atoms with Gasteiger partial charge < -0.3 is 9.64 Å². The van der Waals surface area contributed by atoms with E-state index in [0.717, 1.165) is 42.9 Å². The zero-order chi connectivity index (χ0) is 26.4. The van der Waals surface area contributed by atoms with E-state index >= 15 is 0 Å². The number of piperazine rings is 1. The molecular weight excluding hydrogens is 500 g/mol. The number of pyridine rings is 1. The molecule has 3 aliphatic heterocycles. The van der Waals surface area contributed by atoms with Gasteiger partial charge >= 0.3 is 0 Å². The summed E-state index contributed by atoms with van der Waals surface area (Å²) < 4.78 is 7.32. The van der Waals surface area contributed by atoms with Crippen LogP contribution in [0.3, 0.4) is 0 Å². The smallest absolute Gasteiger partial charge is 0.274 e. The van der Waals surface area contributed by atoms with Gasteiger partial charge in [0.2, 0.25) is 11.7 Å². The number of amides is 1. The molecule has 38 heavy (non-hydrogen) atoms. The van der Waals surface area contributed by atoms with Crippen molar-refractivity contribution < 1.29 is 9.53 Å². The van der Waals surface area contributed by atoms with E-state index in [4.69, 9.17) is 21.3 Å². The number of carbonyl (C=O) groups is 1. The molecule has 0 saturated carbocycles. The molecule has 6 heterocycles. The second-order valence-corrected chi connectivity index (χ2v) is 10.8. The Labute approximate surface area is 227 Å². The van der Waals surface area contributed by atoms with Crippen LogP contribution in [0.4, 0.5) is 0 Å². The Hall–Kier alpha value is -3.49. The summed E-state index contributed by atoms with van der Waals surface area (Å²) in [5, 5.41) is 0.348. The van der Waals surface area contributed by atoms with Gasteiger partial charge in [-0.2, -0.15) is 0 Å². The summed E-state index contributed by atoms with van der Waals surface area (Å²) in [7, 11) is 1.54. The van der Waals surface area contributed by atoms with E-state index in [-0.39, 0.29) is 23.7 Å². The van der Waals surface area contributed by atoms with Gasteiger partial charge in [-0.3, -0.25) is 14.1 Å². The van der Waals surface area contributed by atoms with Crippen LogP contribution < -0.4 is 4.74 Å². The second kappa shape index (κ2) is 10.0. The summed E-state index contributed by atoms with van der Waals surface area (Å²) in [6.45, 7) is 6.57. The topological polar surface area (TPSA) is 75.9 Å². The first kappa shape index (κ1) is 24.8. The van der Waals surface area contributed by atoms with Gasteiger partial charge in [0.25, 0.3) is 5.91 Å². The van der Waals surface area contributed by atoms with E-state index in [0.29, 0.717) is 29.1 Å². The summed E-state index contributed by atoms with van der Waals surface area (Å²) in [5.41, 5.74) is 4.73. The van der Waals surface area contributed by atoms with Gasteiger partial charge in [-0.1, -0.05) is 49.7 Å². The molecule has 3 aliphatic rings. The normalized spacial score (nSPS) is 19.4. The number of carbonyl (C=O) groups excluding carboxylic acids is 1. The first-order valence-electron chi connectivity index (χ1n) is 13.1. The van der Waals surface area contributed by atoms with Crippen molar-refractivity contribution in [1.82, 2.24) is 29.2 Å². The third kappa shape index (κ3) is 4.41. The average molecular weight is 531 g/mol. The van der Waals surface area contributed by atoms with Crippen molar-refractivity contribution in [2.45, 2.75) is 51.2 Å². The van der Waals surface area contributed by atoms with Crippen LogP contribution in [0.1, 0.15) is 54.4 Å². The molecule has 9 heteroatoms. The highest BCUT2D eigenvalue weighted by Crippen LogP contribution is 2.34. The molecule has 3 aromatic heterocycles. The first-order chi connectivity index (χ1) is 18.4. The monoisotopic (exact) mass is 530 g/mol. The van der Waals surface area contributed by atoms with Crippen molar-refractivity contribution in [1.29, 1.82) is 0 Å². The molecule has 0 radical (unpaired) electrons. The number of nitrogens with zero attached hydrogens (tertiary/aromatic N) is 6. The fourth-order valence-corrected chi connectivity index (χ4v) is 5.90. The maximum atomic E-state index is 13.5. The zero-order valence-corrected chi connectivity index (χ0v) is 22.6. The number of hydrogen-bond acceptors (Lipinski definition) is 6. The van der Waals surface area contributed by atoms with E-state index in [1.54, 1.807) is 18.3 Å². The largest absolute Gasteiger partial charge is 0.481 e. The van der Waals surface area contributed by atoms with E-state index in [1.807, 2.05) is 17.2 Å². The maximum Gasteiger partial charge on any atom is 0.274 e. The number of imidazole rings is 1. The lowest BCUT2D eigenvalue weighted by molar-refractivity contribution is -0.0162. The molecule has 2 unspecified atom stereocenters. The predicted molar refractivity (Wildman–Crippen MR) is 147 cm³/mol. The third-order valence-corrected chi connectivity index (χ3v) is 8.15. The van der Waals surface area contributed by atoms with Crippen LogP contribution in [-0.4, -0.2) is 67.3 Å². The van der Waals surface area contributed by atoms with Crippen molar-refractivity contribution in [3.63, 3.8) is 0 Å². The standard InChI is InChI=1S/C29H31ClN6O2/c1-18(2)19-5-7-20(8-6-19)26-24(35-14-4-13-31-29(35)33-26)17-34-15-22-10-9-21(34)16-36(22)28(37)27-23(30)11-12-25(32-27)38-3/h4-8,11-14,18,21-22H,9-10,15-17H2,1-3H3. The Bertz CT molecular complexity index is 1480. The van der Waals surface area contributed by atoms with Crippen molar-refractivity contribution in [3.8, 4) is 17.1 Å². The van der Waals surface area contributed by atoms with Gasteiger partial charge in [-0.25, -0.2) is 15.0 Å². The van der Waals surface area contributed by atoms with Crippen LogP contribution in [0, 0.1) is 0 Å². The van der Waals surface area contributed by atoms with Crippen LogP contribution in [-0.2, 0) is 6.54 Å². The Morgan fingerprint density at radius 2 is 1.87 bits per heavy atom. The number of hydrogen-bond donors (Lipinski definition) is 0. The number of rotatable bonds is 6. The molecule has 8 nitrogen and oxygen atoms in total. The van der Waals surface area contributed by atoms with Gasteiger partial charge in [0.1, 0.15) is 0 Å². The number of halogens is 1. The van der Waals surface area contributed by atoms with Crippen LogP contribution in [0.2, 0.25) is 5.02 Å². The fourth-order valence-electron chi connectivity index (χ4n) is 5.72. The second-order valence-electron chi connectivity index (χ2n) is 10.4. The number of fused-ring (bicyclic) bond motifs is 4. The fraction of sp³-hybridized carbons (Fsp3) is 0.379. The summed E-state index contributed by atoms with van der Waals surface area (Å²) in [6, 6.07) is 14.3. The minimum atomic E-state index is -0.131. The Balaban J connectivity index is 1.27. The molecule has 2 atom stereocenters. The lowest BCUT2D eigenvalue weighted by Crippen LogP contribution is -2.63. The summed E-state index contributed by atoms with van der Waals surface area (Å²) in [5.74, 6) is 1.43. The van der Waals surface area contributed by atoms with Crippen LogP contribution in [0.15, 0.2) is 54.9 Å². The molecule has 0 spiro atoms. The molecule has 2 bridgehead atoms. The maximum absolute atomic E-state index is 13.5. The van der Waals surface area contributed by atoms with Gasteiger partial charge in [-0.05, 0) is 36.5 Å². The lowest BCUT2D eigenvalue weighted by Gasteiger charge is -2.51. The van der Waals surface area contributed by atoms with Crippen molar-refractivity contribution >= 4 is 23.3 Å². The average Bonchev–Trinajstić information content (AvgIpc) is 3.31. The molecular formula is C29H31ClN6O2. The molecule has 0 N–H and O–H groups in total. The molecule has 196 valence electrons. The quantitative estimate of drug-likeness (QED) is 0.346. The Kier molecular flexibility index (Phi) is 6.53. The third-order valence-electron chi connectivity index (χ3n) is 7.84. The van der Waals surface area contributed by atoms with Gasteiger partial charge in [-0.15, -0.1) is 0 Å². The molecule has 4 aromatic rings. The van der Waals surface area contributed by atoms with E-state index in [2.05, 4.69) is 57.4 Å². The van der Waals surface area contributed by atoms with Crippen LogP contribution in [0.25, 0.3) is 17.0 Å². The molecule has 1 aromatic carbocycles. The number of aromatic nitrogens is 4. The summed E-state index contributed by atoms with van der Waals surface area (Å²) >= 11 is 6.36. The lowest BCUT2D eigenvalue weighted by atomic mass is 9.90. The van der Waals surface area contributed by atoms with Gasteiger partial charge in [0.05, 0.1) is 23.5 Å².